The second-order valence-corrected chi connectivity index (χ2v) is 3.61. The molecular weight excluding hydrogens is 222 g/mol. The van der Waals surface area contributed by atoms with E-state index < -0.39 is 36.6 Å². The molecule has 0 bridgehead atoms. The van der Waals surface area contributed by atoms with Gasteiger partial charge in [-0.1, -0.05) is 0 Å². The van der Waals surface area contributed by atoms with Crippen molar-refractivity contribution in [3.8, 4) is 0 Å². The van der Waals surface area contributed by atoms with Crippen molar-refractivity contribution >= 4 is 5.97 Å². The summed E-state index contributed by atoms with van der Waals surface area (Å²) in [5, 5.41) is 54.8. The van der Waals surface area contributed by atoms with Crippen LogP contribution in [0.25, 0.3) is 0 Å². The van der Waals surface area contributed by atoms with Gasteiger partial charge in [-0.3, -0.25) is 4.90 Å². The van der Waals surface area contributed by atoms with Gasteiger partial charge < -0.3 is 30.6 Å². The molecular formula is C8H17NO7. The predicted molar refractivity (Wildman–Crippen MR) is 51.4 cm³/mol. The number of aliphatic carboxylic acids is 1. The minimum Gasteiger partial charge on any atom is -0.478 e. The maximum atomic E-state index is 10.8. The van der Waals surface area contributed by atoms with Crippen molar-refractivity contribution in [3.63, 3.8) is 0 Å². The van der Waals surface area contributed by atoms with Crippen molar-refractivity contribution in [1.29, 1.82) is 0 Å². The Morgan fingerprint density at radius 1 is 1.31 bits per heavy atom. The average molecular weight is 239 g/mol. The quantitative estimate of drug-likeness (QED) is 0.261. The molecule has 0 rings (SSSR count). The maximum Gasteiger partial charge on any atom is 0.354 e. The number of carboxylic acids is 1. The van der Waals surface area contributed by atoms with Crippen LogP contribution in [0.4, 0.5) is 0 Å². The zero-order chi connectivity index (χ0) is 13.1. The first-order valence-corrected chi connectivity index (χ1v) is 4.47. The number of hydrogen-bond donors (Lipinski definition) is 6. The lowest BCUT2D eigenvalue weighted by Crippen LogP contribution is -2.64. The van der Waals surface area contributed by atoms with Crippen LogP contribution in [-0.4, -0.2) is 86.2 Å². The molecule has 96 valence electrons. The monoisotopic (exact) mass is 239 g/mol. The summed E-state index contributed by atoms with van der Waals surface area (Å²) in [5.41, 5.74) is -2.75. The molecule has 8 heteroatoms. The van der Waals surface area contributed by atoms with Gasteiger partial charge in [0.1, 0.15) is 18.3 Å². The SMILES string of the molecule is CN(C)[C@](O)(C(=O)O)[C@@H](O)[C@H](O)[C@H](O)CO. The Morgan fingerprint density at radius 3 is 2.00 bits per heavy atom. The number of aliphatic hydroxyl groups excluding tert-OH is 4. The lowest BCUT2D eigenvalue weighted by atomic mass is 9.97. The van der Waals surface area contributed by atoms with Crippen LogP contribution < -0.4 is 0 Å². The summed E-state index contributed by atoms with van der Waals surface area (Å²) in [5.74, 6) is -1.78. The number of nitrogens with zero attached hydrogens (tertiary/aromatic N) is 1. The third-order valence-corrected chi connectivity index (χ3v) is 2.31. The Balaban J connectivity index is 5.03. The van der Waals surface area contributed by atoms with Crippen LogP contribution in [0.2, 0.25) is 0 Å². The van der Waals surface area contributed by atoms with Gasteiger partial charge in [-0.25, -0.2) is 4.79 Å². The Bertz CT molecular complexity index is 247. The molecule has 0 aromatic rings. The van der Waals surface area contributed by atoms with Gasteiger partial charge in [-0.15, -0.1) is 0 Å². The van der Waals surface area contributed by atoms with E-state index >= 15 is 0 Å². The van der Waals surface area contributed by atoms with Crippen molar-refractivity contribution in [1.82, 2.24) is 4.90 Å². The van der Waals surface area contributed by atoms with E-state index in [0.29, 0.717) is 0 Å². The summed E-state index contributed by atoms with van der Waals surface area (Å²) >= 11 is 0. The Morgan fingerprint density at radius 2 is 1.75 bits per heavy atom. The van der Waals surface area contributed by atoms with E-state index in [1.54, 1.807) is 0 Å². The highest BCUT2D eigenvalue weighted by atomic mass is 16.4. The third kappa shape index (κ3) is 2.67. The fourth-order valence-electron chi connectivity index (χ4n) is 1.14. The average Bonchev–Trinajstić information content (AvgIpc) is 2.23. The van der Waals surface area contributed by atoms with Gasteiger partial charge in [0.15, 0.2) is 0 Å². The molecule has 0 aliphatic carbocycles. The Kier molecular flexibility index (Phi) is 5.26. The number of rotatable bonds is 6. The molecule has 0 unspecified atom stereocenters. The molecule has 0 aliphatic rings. The smallest absolute Gasteiger partial charge is 0.354 e. The van der Waals surface area contributed by atoms with Gasteiger partial charge in [0.25, 0.3) is 0 Å². The van der Waals surface area contributed by atoms with Gasteiger partial charge in [-0.05, 0) is 14.1 Å². The molecule has 0 aromatic carbocycles. The second kappa shape index (κ2) is 5.53. The summed E-state index contributed by atoms with van der Waals surface area (Å²) in [6.07, 6.45) is -5.92. The molecule has 0 spiro atoms. The molecule has 0 radical (unpaired) electrons. The minimum atomic E-state index is -2.75. The predicted octanol–water partition coefficient (Wildman–Crippen LogP) is -3.60. The van der Waals surface area contributed by atoms with Gasteiger partial charge >= 0.3 is 5.97 Å². The molecule has 6 N–H and O–H groups in total. The van der Waals surface area contributed by atoms with E-state index in [4.69, 9.17) is 15.3 Å². The molecule has 4 atom stereocenters. The van der Waals surface area contributed by atoms with E-state index in [-0.39, 0.29) is 0 Å². The number of carboxylic acid groups (broad SMARTS) is 1. The van der Waals surface area contributed by atoms with Gasteiger partial charge in [0, 0.05) is 0 Å². The van der Waals surface area contributed by atoms with Gasteiger partial charge in [0.2, 0.25) is 5.72 Å². The molecule has 16 heavy (non-hydrogen) atoms. The summed E-state index contributed by atoms with van der Waals surface area (Å²) in [6.45, 7) is -0.874. The zero-order valence-electron chi connectivity index (χ0n) is 8.98. The normalized spacial score (nSPS) is 21.2. The molecule has 0 aromatic heterocycles. The van der Waals surface area contributed by atoms with E-state index in [9.17, 15) is 20.1 Å². The lowest BCUT2D eigenvalue weighted by Gasteiger charge is -2.37. The lowest BCUT2D eigenvalue weighted by molar-refractivity contribution is -0.224. The molecule has 8 nitrogen and oxygen atoms in total. The first kappa shape index (κ1) is 15.2. The van der Waals surface area contributed by atoms with Crippen molar-refractivity contribution in [2.45, 2.75) is 24.0 Å². The summed E-state index contributed by atoms with van der Waals surface area (Å²) < 4.78 is 0. The summed E-state index contributed by atoms with van der Waals surface area (Å²) in [7, 11) is 2.35. The van der Waals surface area contributed by atoms with Crippen molar-refractivity contribution in [2.75, 3.05) is 20.7 Å². The van der Waals surface area contributed by atoms with Crippen molar-refractivity contribution in [2.24, 2.45) is 0 Å². The highest BCUT2D eigenvalue weighted by Gasteiger charge is 2.50. The Labute approximate surface area is 92.0 Å². The molecule has 0 heterocycles. The van der Waals surface area contributed by atoms with Crippen LogP contribution in [0.15, 0.2) is 0 Å². The largest absolute Gasteiger partial charge is 0.478 e. The standard InChI is InChI=1S/C8H17NO7/c1-9(2)8(16,7(14)15)6(13)5(12)4(11)3-10/h4-6,10-13,16H,3H2,1-2H3,(H,14,15)/t4-,5-,6+,8-/m1/s1. The third-order valence-electron chi connectivity index (χ3n) is 2.31. The van der Waals surface area contributed by atoms with Crippen LogP contribution in [-0.2, 0) is 4.79 Å². The Hall–Kier alpha value is -0.770. The van der Waals surface area contributed by atoms with Gasteiger partial charge in [0.05, 0.1) is 6.61 Å². The molecule has 0 fully saturated rings. The maximum absolute atomic E-state index is 10.8. The fourth-order valence-corrected chi connectivity index (χ4v) is 1.14. The zero-order valence-corrected chi connectivity index (χ0v) is 8.98. The first-order chi connectivity index (χ1) is 7.19. The van der Waals surface area contributed by atoms with E-state index in [2.05, 4.69) is 0 Å². The van der Waals surface area contributed by atoms with Crippen molar-refractivity contribution < 1.29 is 35.4 Å². The molecule has 0 amide bonds. The minimum absolute atomic E-state index is 0.771. The van der Waals surface area contributed by atoms with Crippen LogP contribution >= 0.6 is 0 Å². The number of likely N-dealkylation sites (N-methyl/N-ethyl adjacent to an activating group) is 1. The summed E-state index contributed by atoms with van der Waals surface area (Å²) in [4.78, 5) is 11.6. The van der Waals surface area contributed by atoms with E-state index in [1.165, 1.54) is 14.1 Å². The van der Waals surface area contributed by atoms with Crippen LogP contribution in [0.1, 0.15) is 0 Å². The number of carbonyl (C=O) groups is 1. The number of hydrogen-bond acceptors (Lipinski definition) is 7. The van der Waals surface area contributed by atoms with Crippen molar-refractivity contribution in [3.05, 3.63) is 0 Å². The fraction of sp³-hybridized carbons (Fsp3) is 0.875. The van der Waals surface area contributed by atoms with Crippen LogP contribution in [0.3, 0.4) is 0 Å². The van der Waals surface area contributed by atoms with Gasteiger partial charge in [-0.2, -0.15) is 0 Å². The highest BCUT2D eigenvalue weighted by molar-refractivity contribution is 5.77. The number of aliphatic hydroxyl groups is 5. The summed E-state index contributed by atoms with van der Waals surface area (Å²) in [6, 6.07) is 0. The van der Waals surface area contributed by atoms with E-state index in [0.717, 1.165) is 4.90 Å². The molecule has 0 saturated heterocycles. The van der Waals surface area contributed by atoms with Crippen LogP contribution in [0.5, 0.6) is 0 Å². The topological polar surface area (TPSA) is 142 Å². The van der Waals surface area contributed by atoms with E-state index in [1.807, 2.05) is 0 Å². The first-order valence-electron chi connectivity index (χ1n) is 4.47. The molecule has 0 saturated carbocycles. The van der Waals surface area contributed by atoms with Crippen LogP contribution in [0, 0.1) is 0 Å². The molecule has 0 aliphatic heterocycles. The second-order valence-electron chi connectivity index (χ2n) is 3.61. The highest BCUT2D eigenvalue weighted by Crippen LogP contribution is 2.19.